The molecule has 12 heteroatoms. The summed E-state index contributed by atoms with van der Waals surface area (Å²) in [4.78, 5) is 31.9. The third-order valence-corrected chi connectivity index (χ3v) is 5.36. The molecule has 0 aromatic heterocycles. The van der Waals surface area contributed by atoms with E-state index >= 15 is 0 Å². The van der Waals surface area contributed by atoms with E-state index in [4.69, 9.17) is 4.74 Å². The Hall–Kier alpha value is -3.54. The van der Waals surface area contributed by atoms with Gasteiger partial charge in [0.25, 0.3) is 21.4 Å². The maximum atomic E-state index is 13.1. The lowest BCUT2D eigenvalue weighted by Gasteiger charge is -2.23. The zero-order valence-corrected chi connectivity index (χ0v) is 15.4. The van der Waals surface area contributed by atoms with Gasteiger partial charge in [-0.05, 0) is 19.1 Å². The third-order valence-electron chi connectivity index (χ3n) is 3.54. The van der Waals surface area contributed by atoms with Crippen LogP contribution in [0.1, 0.15) is 6.92 Å². The standard InChI is InChI=1S/C16H15N3O8S/c1-2-27-16(20)11-17(12-6-5-7-13(10-12)18(21)22)28(25,26)15-9-4-3-8-14(15)19(23)24/h3-10H,2,11H2,1H3. The van der Waals surface area contributed by atoms with Crippen molar-refractivity contribution in [3.05, 3.63) is 68.8 Å². The summed E-state index contributed by atoms with van der Waals surface area (Å²) < 4.78 is 31.6. The number of hydrogen-bond donors (Lipinski definition) is 0. The minimum Gasteiger partial charge on any atom is -0.465 e. The number of non-ortho nitro benzene ring substituents is 1. The van der Waals surface area contributed by atoms with Crippen LogP contribution in [-0.2, 0) is 19.6 Å². The van der Waals surface area contributed by atoms with Gasteiger partial charge in [-0.2, -0.15) is 0 Å². The maximum absolute atomic E-state index is 13.1. The average molecular weight is 409 g/mol. The second kappa shape index (κ2) is 8.43. The van der Waals surface area contributed by atoms with E-state index in [1.54, 1.807) is 0 Å². The Morgan fingerprint density at radius 1 is 1.07 bits per heavy atom. The summed E-state index contributed by atoms with van der Waals surface area (Å²) >= 11 is 0. The molecule has 0 saturated heterocycles. The van der Waals surface area contributed by atoms with Gasteiger partial charge >= 0.3 is 5.97 Å². The number of ether oxygens (including phenoxy) is 1. The molecule has 2 rings (SSSR count). The van der Waals surface area contributed by atoms with Gasteiger partial charge in [-0.25, -0.2) is 8.42 Å². The van der Waals surface area contributed by atoms with Crippen molar-refractivity contribution in [2.45, 2.75) is 11.8 Å². The van der Waals surface area contributed by atoms with Crippen LogP contribution in [0.3, 0.4) is 0 Å². The molecule has 0 amide bonds. The van der Waals surface area contributed by atoms with Gasteiger partial charge in [0.05, 0.1) is 22.1 Å². The molecule has 0 spiro atoms. The predicted octanol–water partition coefficient (Wildman–Crippen LogP) is 2.26. The summed E-state index contributed by atoms with van der Waals surface area (Å²) in [6.45, 7) is 0.683. The molecule has 0 fully saturated rings. The van der Waals surface area contributed by atoms with Gasteiger partial charge in [0, 0.05) is 18.2 Å². The van der Waals surface area contributed by atoms with Gasteiger partial charge in [-0.1, -0.05) is 18.2 Å². The number of para-hydroxylation sites is 1. The van der Waals surface area contributed by atoms with Crippen molar-refractivity contribution in [1.29, 1.82) is 0 Å². The van der Waals surface area contributed by atoms with Crippen LogP contribution < -0.4 is 4.31 Å². The summed E-state index contributed by atoms with van der Waals surface area (Å²) in [5, 5.41) is 22.3. The Labute approximate surface area is 159 Å². The second-order valence-electron chi connectivity index (χ2n) is 5.32. The van der Waals surface area contributed by atoms with Crippen LogP contribution in [0.2, 0.25) is 0 Å². The van der Waals surface area contributed by atoms with Crippen LogP contribution >= 0.6 is 0 Å². The molecular weight excluding hydrogens is 394 g/mol. The van der Waals surface area contributed by atoms with E-state index in [9.17, 15) is 33.4 Å². The van der Waals surface area contributed by atoms with Crippen LogP contribution in [0, 0.1) is 20.2 Å². The summed E-state index contributed by atoms with van der Waals surface area (Å²) in [5.41, 5.74) is -1.31. The van der Waals surface area contributed by atoms with Gasteiger partial charge in [-0.15, -0.1) is 0 Å². The number of sulfonamides is 1. The Kier molecular flexibility index (Phi) is 6.26. The maximum Gasteiger partial charge on any atom is 0.326 e. The van der Waals surface area contributed by atoms with Crippen LogP contribution in [0.15, 0.2) is 53.4 Å². The molecule has 0 aliphatic heterocycles. The number of carbonyl (C=O) groups excluding carboxylic acids is 1. The molecule has 28 heavy (non-hydrogen) atoms. The Bertz CT molecular complexity index is 1020. The molecule has 0 bridgehead atoms. The van der Waals surface area contributed by atoms with E-state index in [-0.39, 0.29) is 12.3 Å². The normalized spacial score (nSPS) is 10.9. The van der Waals surface area contributed by atoms with Crippen molar-refractivity contribution in [3.8, 4) is 0 Å². The number of benzene rings is 2. The molecule has 0 radical (unpaired) electrons. The number of nitro groups is 2. The molecule has 11 nitrogen and oxygen atoms in total. The first-order valence-electron chi connectivity index (χ1n) is 7.84. The summed E-state index contributed by atoms with van der Waals surface area (Å²) in [5.74, 6) is -0.920. The monoisotopic (exact) mass is 409 g/mol. The molecule has 0 saturated carbocycles. The molecule has 0 N–H and O–H groups in total. The van der Waals surface area contributed by atoms with Gasteiger partial charge in [0.2, 0.25) is 0 Å². The summed E-state index contributed by atoms with van der Waals surface area (Å²) in [7, 11) is -4.62. The van der Waals surface area contributed by atoms with Crippen molar-refractivity contribution >= 4 is 33.1 Å². The molecule has 2 aromatic carbocycles. The lowest BCUT2D eigenvalue weighted by atomic mass is 10.3. The first-order valence-corrected chi connectivity index (χ1v) is 9.28. The van der Waals surface area contributed by atoms with Crippen molar-refractivity contribution in [3.63, 3.8) is 0 Å². The quantitative estimate of drug-likeness (QED) is 0.366. The van der Waals surface area contributed by atoms with Crippen molar-refractivity contribution in [1.82, 2.24) is 0 Å². The molecule has 0 atom stereocenters. The number of carbonyl (C=O) groups is 1. The molecule has 148 valence electrons. The van der Waals surface area contributed by atoms with Crippen molar-refractivity contribution in [2.75, 3.05) is 17.5 Å². The van der Waals surface area contributed by atoms with Gasteiger partial charge in [-0.3, -0.25) is 29.3 Å². The highest BCUT2D eigenvalue weighted by molar-refractivity contribution is 7.93. The van der Waals surface area contributed by atoms with E-state index in [0.717, 1.165) is 24.3 Å². The third kappa shape index (κ3) is 4.40. The first-order chi connectivity index (χ1) is 13.2. The van der Waals surface area contributed by atoms with Gasteiger partial charge in [0.1, 0.15) is 6.54 Å². The van der Waals surface area contributed by atoms with E-state index < -0.39 is 48.7 Å². The summed E-state index contributed by atoms with van der Waals surface area (Å²) in [6, 6.07) is 9.16. The SMILES string of the molecule is CCOC(=O)CN(c1cccc([N+](=O)[O-])c1)S(=O)(=O)c1ccccc1[N+](=O)[O-]. The molecule has 0 aliphatic rings. The minimum atomic E-state index is -4.62. The zero-order chi connectivity index (χ0) is 20.9. The largest absolute Gasteiger partial charge is 0.465 e. The number of anilines is 1. The smallest absolute Gasteiger partial charge is 0.326 e. The number of rotatable bonds is 8. The van der Waals surface area contributed by atoms with Crippen LogP contribution in [0.4, 0.5) is 17.1 Å². The van der Waals surface area contributed by atoms with E-state index in [1.165, 1.54) is 31.2 Å². The van der Waals surface area contributed by atoms with Crippen molar-refractivity contribution < 1.29 is 27.8 Å². The van der Waals surface area contributed by atoms with Crippen LogP contribution in [-0.4, -0.2) is 37.4 Å². The fraction of sp³-hybridized carbons (Fsp3) is 0.188. The fourth-order valence-electron chi connectivity index (χ4n) is 2.35. The van der Waals surface area contributed by atoms with Crippen molar-refractivity contribution in [2.24, 2.45) is 0 Å². The zero-order valence-electron chi connectivity index (χ0n) is 14.5. The Balaban J connectivity index is 2.65. The molecular formula is C16H15N3O8S. The fourth-order valence-corrected chi connectivity index (χ4v) is 3.91. The first kappa shape index (κ1) is 20.8. The van der Waals surface area contributed by atoms with E-state index in [0.29, 0.717) is 4.31 Å². The minimum absolute atomic E-state index is 0.0207. The van der Waals surface area contributed by atoms with Crippen LogP contribution in [0.5, 0.6) is 0 Å². The highest BCUT2D eigenvalue weighted by atomic mass is 32.2. The Morgan fingerprint density at radius 2 is 1.75 bits per heavy atom. The molecule has 0 unspecified atom stereocenters. The number of esters is 1. The van der Waals surface area contributed by atoms with E-state index in [2.05, 4.69) is 0 Å². The summed E-state index contributed by atoms with van der Waals surface area (Å²) in [6.07, 6.45) is 0. The number of nitrogens with zero attached hydrogens (tertiary/aromatic N) is 3. The van der Waals surface area contributed by atoms with Gasteiger partial charge < -0.3 is 4.74 Å². The van der Waals surface area contributed by atoms with E-state index in [1.807, 2.05) is 0 Å². The second-order valence-corrected chi connectivity index (χ2v) is 7.15. The Morgan fingerprint density at radius 3 is 2.36 bits per heavy atom. The lowest BCUT2D eigenvalue weighted by molar-refractivity contribution is -0.387. The molecule has 2 aromatic rings. The lowest BCUT2D eigenvalue weighted by Crippen LogP contribution is -2.37. The molecule has 0 heterocycles. The highest BCUT2D eigenvalue weighted by Crippen LogP contribution is 2.31. The van der Waals surface area contributed by atoms with Gasteiger partial charge in [0.15, 0.2) is 4.90 Å². The predicted molar refractivity (Wildman–Crippen MR) is 97.4 cm³/mol. The topological polar surface area (TPSA) is 150 Å². The average Bonchev–Trinajstić information content (AvgIpc) is 2.66. The number of hydrogen-bond acceptors (Lipinski definition) is 8. The van der Waals surface area contributed by atoms with Crippen LogP contribution in [0.25, 0.3) is 0 Å². The highest BCUT2D eigenvalue weighted by Gasteiger charge is 2.34. The number of nitro benzene ring substituents is 2. The molecule has 0 aliphatic carbocycles.